The average molecular weight is 277 g/mol. The van der Waals surface area contributed by atoms with Gasteiger partial charge in [-0.3, -0.25) is 4.90 Å². The number of ether oxygens (including phenoxy) is 2. The molecule has 2 aliphatic heterocycles. The van der Waals surface area contributed by atoms with E-state index in [9.17, 15) is 0 Å². The van der Waals surface area contributed by atoms with Crippen molar-refractivity contribution in [1.29, 1.82) is 0 Å². The lowest BCUT2D eigenvalue weighted by Crippen LogP contribution is -2.29. The molecule has 2 aliphatic rings. The third-order valence-corrected chi connectivity index (χ3v) is 4.19. The maximum absolute atomic E-state index is 8.99. The molecule has 20 heavy (non-hydrogen) atoms. The van der Waals surface area contributed by atoms with Gasteiger partial charge in [-0.15, -0.1) is 0 Å². The van der Waals surface area contributed by atoms with E-state index in [-0.39, 0.29) is 0 Å². The molecule has 1 atom stereocenters. The molecule has 0 bridgehead atoms. The highest BCUT2D eigenvalue weighted by molar-refractivity contribution is 5.43. The number of benzene rings is 1. The van der Waals surface area contributed by atoms with Gasteiger partial charge in [0, 0.05) is 19.2 Å². The molecule has 0 radical (unpaired) electrons. The second kappa shape index (κ2) is 6.46. The predicted molar refractivity (Wildman–Crippen MR) is 77.2 cm³/mol. The quantitative estimate of drug-likeness (QED) is 0.896. The fourth-order valence-corrected chi connectivity index (χ4v) is 3.18. The van der Waals surface area contributed by atoms with Gasteiger partial charge in [0.2, 0.25) is 0 Å². The normalized spacial score (nSPS) is 22.1. The van der Waals surface area contributed by atoms with E-state index in [0.29, 0.717) is 25.9 Å². The SMILES string of the molecule is OCCCC1CCCN1Cc1ccc2c(c1)OCCO2. The Kier molecular flexibility index (Phi) is 4.43. The van der Waals surface area contributed by atoms with Crippen LogP contribution in [0.2, 0.25) is 0 Å². The molecule has 1 N–H and O–H groups in total. The number of hydrogen-bond donors (Lipinski definition) is 1. The molecular weight excluding hydrogens is 254 g/mol. The van der Waals surface area contributed by atoms with Crippen molar-refractivity contribution in [2.24, 2.45) is 0 Å². The van der Waals surface area contributed by atoms with Crippen molar-refractivity contribution < 1.29 is 14.6 Å². The molecule has 110 valence electrons. The van der Waals surface area contributed by atoms with Gasteiger partial charge in [0.15, 0.2) is 11.5 Å². The Morgan fingerprint density at radius 2 is 2.05 bits per heavy atom. The van der Waals surface area contributed by atoms with Crippen LogP contribution in [0.5, 0.6) is 11.5 Å². The molecule has 0 saturated carbocycles. The van der Waals surface area contributed by atoms with Gasteiger partial charge in [-0.25, -0.2) is 0 Å². The summed E-state index contributed by atoms with van der Waals surface area (Å²) >= 11 is 0. The van der Waals surface area contributed by atoms with E-state index in [0.717, 1.165) is 37.4 Å². The van der Waals surface area contributed by atoms with Crippen molar-refractivity contribution >= 4 is 0 Å². The number of fused-ring (bicyclic) bond motifs is 1. The minimum atomic E-state index is 0.300. The van der Waals surface area contributed by atoms with Gasteiger partial charge in [0.25, 0.3) is 0 Å². The zero-order valence-corrected chi connectivity index (χ0v) is 11.9. The fraction of sp³-hybridized carbons (Fsp3) is 0.625. The molecule has 3 rings (SSSR count). The number of likely N-dealkylation sites (tertiary alicyclic amines) is 1. The van der Waals surface area contributed by atoms with Crippen LogP contribution in [0.25, 0.3) is 0 Å². The minimum Gasteiger partial charge on any atom is -0.486 e. The first-order valence-corrected chi connectivity index (χ1v) is 7.60. The molecule has 0 amide bonds. The summed E-state index contributed by atoms with van der Waals surface area (Å²) in [5.74, 6) is 1.73. The second-order valence-electron chi connectivity index (χ2n) is 5.61. The number of aliphatic hydroxyl groups excluding tert-OH is 1. The van der Waals surface area contributed by atoms with E-state index in [1.807, 2.05) is 6.07 Å². The van der Waals surface area contributed by atoms with Gasteiger partial charge in [0.05, 0.1) is 0 Å². The molecule has 4 heteroatoms. The molecular formula is C16H23NO3. The van der Waals surface area contributed by atoms with Crippen LogP contribution in [0.15, 0.2) is 18.2 Å². The highest BCUT2D eigenvalue weighted by Crippen LogP contribution is 2.32. The van der Waals surface area contributed by atoms with E-state index in [1.165, 1.54) is 18.4 Å². The van der Waals surface area contributed by atoms with Crippen LogP contribution in [-0.2, 0) is 6.54 Å². The molecule has 4 nitrogen and oxygen atoms in total. The molecule has 0 aliphatic carbocycles. The van der Waals surface area contributed by atoms with Crippen molar-refractivity contribution in [2.75, 3.05) is 26.4 Å². The molecule has 1 saturated heterocycles. The number of rotatable bonds is 5. The van der Waals surface area contributed by atoms with E-state index in [1.54, 1.807) is 0 Å². The van der Waals surface area contributed by atoms with E-state index >= 15 is 0 Å². The number of hydrogen-bond acceptors (Lipinski definition) is 4. The maximum atomic E-state index is 8.99. The standard InChI is InChI=1S/C16H23NO3/c18-8-2-4-14-3-1-7-17(14)12-13-5-6-15-16(11-13)20-10-9-19-15/h5-6,11,14,18H,1-4,7-10,12H2. The Morgan fingerprint density at radius 1 is 1.20 bits per heavy atom. The summed E-state index contributed by atoms with van der Waals surface area (Å²) in [7, 11) is 0. The summed E-state index contributed by atoms with van der Waals surface area (Å²) < 4.78 is 11.2. The van der Waals surface area contributed by atoms with Crippen LogP contribution in [0.3, 0.4) is 0 Å². The van der Waals surface area contributed by atoms with Crippen LogP contribution in [0.4, 0.5) is 0 Å². The molecule has 1 fully saturated rings. The Labute approximate surface area is 120 Å². The van der Waals surface area contributed by atoms with Crippen LogP contribution in [-0.4, -0.2) is 42.4 Å². The predicted octanol–water partition coefficient (Wildman–Crippen LogP) is 2.19. The van der Waals surface area contributed by atoms with Crippen molar-refractivity contribution in [3.05, 3.63) is 23.8 Å². The third-order valence-electron chi connectivity index (χ3n) is 4.19. The summed E-state index contributed by atoms with van der Waals surface area (Å²) in [5.41, 5.74) is 1.28. The summed E-state index contributed by atoms with van der Waals surface area (Å²) in [5, 5.41) is 8.99. The highest BCUT2D eigenvalue weighted by Gasteiger charge is 2.24. The first-order chi connectivity index (χ1) is 9.86. The van der Waals surface area contributed by atoms with Crippen LogP contribution < -0.4 is 9.47 Å². The smallest absolute Gasteiger partial charge is 0.161 e. The number of nitrogens with zero attached hydrogens (tertiary/aromatic N) is 1. The van der Waals surface area contributed by atoms with Crippen molar-refractivity contribution in [3.63, 3.8) is 0 Å². The lowest BCUT2D eigenvalue weighted by molar-refractivity contribution is 0.170. The van der Waals surface area contributed by atoms with E-state index < -0.39 is 0 Å². The van der Waals surface area contributed by atoms with Gasteiger partial charge in [-0.1, -0.05) is 6.07 Å². The largest absolute Gasteiger partial charge is 0.486 e. The summed E-state index contributed by atoms with van der Waals surface area (Å²) in [6.45, 7) is 3.70. The lowest BCUT2D eigenvalue weighted by atomic mass is 10.1. The molecule has 2 heterocycles. The van der Waals surface area contributed by atoms with Crippen LogP contribution in [0.1, 0.15) is 31.2 Å². The summed E-state index contributed by atoms with van der Waals surface area (Å²) in [6.07, 6.45) is 4.52. The summed E-state index contributed by atoms with van der Waals surface area (Å²) in [4.78, 5) is 2.53. The molecule has 1 aromatic carbocycles. The van der Waals surface area contributed by atoms with Gasteiger partial charge in [-0.2, -0.15) is 0 Å². The van der Waals surface area contributed by atoms with Gasteiger partial charge >= 0.3 is 0 Å². The minimum absolute atomic E-state index is 0.300. The Morgan fingerprint density at radius 3 is 2.90 bits per heavy atom. The molecule has 1 unspecified atom stereocenters. The first-order valence-electron chi connectivity index (χ1n) is 7.60. The van der Waals surface area contributed by atoms with Crippen molar-refractivity contribution in [2.45, 2.75) is 38.3 Å². The monoisotopic (exact) mass is 277 g/mol. The van der Waals surface area contributed by atoms with Crippen molar-refractivity contribution in [1.82, 2.24) is 4.90 Å². The van der Waals surface area contributed by atoms with Crippen LogP contribution >= 0.6 is 0 Å². The zero-order chi connectivity index (χ0) is 13.8. The first kappa shape index (κ1) is 13.7. The average Bonchev–Trinajstić information content (AvgIpc) is 2.92. The molecule has 0 spiro atoms. The second-order valence-corrected chi connectivity index (χ2v) is 5.61. The molecule has 0 aromatic heterocycles. The Balaban J connectivity index is 1.64. The highest BCUT2D eigenvalue weighted by atomic mass is 16.6. The van der Waals surface area contributed by atoms with Crippen LogP contribution in [0, 0.1) is 0 Å². The third kappa shape index (κ3) is 3.07. The molecule has 1 aromatic rings. The van der Waals surface area contributed by atoms with Gasteiger partial charge in [0.1, 0.15) is 13.2 Å². The van der Waals surface area contributed by atoms with Crippen molar-refractivity contribution in [3.8, 4) is 11.5 Å². The fourth-order valence-electron chi connectivity index (χ4n) is 3.18. The maximum Gasteiger partial charge on any atom is 0.161 e. The van der Waals surface area contributed by atoms with Gasteiger partial charge in [-0.05, 0) is 49.9 Å². The summed E-state index contributed by atoms with van der Waals surface area (Å²) in [6, 6.07) is 6.88. The lowest BCUT2D eigenvalue weighted by Gasteiger charge is -2.25. The Bertz CT molecular complexity index is 449. The Hall–Kier alpha value is -1.26. The topological polar surface area (TPSA) is 41.9 Å². The van der Waals surface area contributed by atoms with E-state index in [2.05, 4.69) is 17.0 Å². The van der Waals surface area contributed by atoms with Gasteiger partial charge < -0.3 is 14.6 Å². The number of aliphatic hydroxyl groups is 1. The van der Waals surface area contributed by atoms with E-state index in [4.69, 9.17) is 14.6 Å². The zero-order valence-electron chi connectivity index (χ0n) is 11.9.